The van der Waals surface area contributed by atoms with Gasteiger partial charge in [-0.3, -0.25) is 14.2 Å². The van der Waals surface area contributed by atoms with E-state index in [1.807, 2.05) is 24.3 Å². The number of nitrogens with zero attached hydrogens (tertiary/aromatic N) is 2. The highest BCUT2D eigenvalue weighted by Gasteiger charge is 2.14. The number of hydrogen-bond donors (Lipinski definition) is 2. The molecule has 0 atom stereocenters. The largest absolute Gasteiger partial charge is 0.457 e. The minimum atomic E-state index is -0.562. The maximum absolute atomic E-state index is 13.2. The number of nitrogens with one attached hydrogen (secondary N) is 1. The maximum atomic E-state index is 13.2. The minimum absolute atomic E-state index is 0.0455. The van der Waals surface area contributed by atoms with E-state index < -0.39 is 17.3 Å². The van der Waals surface area contributed by atoms with Gasteiger partial charge in [-0.15, -0.1) is 0 Å². The van der Waals surface area contributed by atoms with E-state index in [1.54, 1.807) is 36.4 Å². The molecule has 172 valence electrons. The first-order valence-corrected chi connectivity index (χ1v) is 10.7. The zero-order chi connectivity index (χ0) is 24.4. The van der Waals surface area contributed by atoms with Crippen LogP contribution in [0.15, 0.2) is 102 Å². The van der Waals surface area contributed by atoms with E-state index in [1.165, 1.54) is 41.1 Å². The molecule has 3 aromatic carbocycles. The van der Waals surface area contributed by atoms with Crippen molar-refractivity contribution >= 4 is 28.3 Å². The number of fused-ring (bicyclic) bond motifs is 1. The van der Waals surface area contributed by atoms with Crippen LogP contribution >= 0.6 is 0 Å². The quantitative estimate of drug-likeness (QED) is 0.373. The lowest BCUT2D eigenvalue weighted by molar-refractivity contribution is 0.102. The highest BCUT2D eigenvalue weighted by atomic mass is 19.1. The average Bonchev–Trinajstić information content (AvgIpc) is 2.86. The number of anilines is 2. The molecule has 5 rings (SSSR count). The molecule has 0 unspecified atom stereocenters. The number of para-hydroxylation sites is 1. The molecule has 3 N–H and O–H groups in total. The summed E-state index contributed by atoms with van der Waals surface area (Å²) in [5, 5.41) is 3.54. The number of nitrogens with two attached hydrogens (primary N) is 1. The van der Waals surface area contributed by atoms with Crippen LogP contribution in [0.2, 0.25) is 0 Å². The second-order valence-corrected chi connectivity index (χ2v) is 7.72. The fraction of sp³-hybridized carbons (Fsp3) is 0. The van der Waals surface area contributed by atoms with Crippen molar-refractivity contribution in [1.82, 2.24) is 9.55 Å². The van der Waals surface area contributed by atoms with Gasteiger partial charge in [0.1, 0.15) is 28.7 Å². The maximum Gasteiger partial charge on any atom is 0.267 e. The van der Waals surface area contributed by atoms with Crippen LogP contribution < -0.4 is 21.3 Å². The highest BCUT2D eigenvalue weighted by Crippen LogP contribution is 2.31. The van der Waals surface area contributed by atoms with E-state index in [-0.39, 0.29) is 5.56 Å². The van der Waals surface area contributed by atoms with E-state index >= 15 is 0 Å². The van der Waals surface area contributed by atoms with Crippen molar-refractivity contribution < 1.29 is 13.9 Å². The fourth-order valence-electron chi connectivity index (χ4n) is 3.65. The van der Waals surface area contributed by atoms with Gasteiger partial charge in [0.25, 0.3) is 11.5 Å². The SMILES string of the molecule is Nc1cc(Oc2ccc(NC(=O)c3cccn(-c4ccc(F)cc4)c3=O)cc2)c2ccccc2n1. The van der Waals surface area contributed by atoms with Gasteiger partial charge < -0.3 is 15.8 Å². The number of aromatic nitrogens is 2. The van der Waals surface area contributed by atoms with Crippen molar-refractivity contribution in [2.75, 3.05) is 11.1 Å². The number of nitrogen functional groups attached to an aromatic ring is 1. The Kier molecular flexibility index (Phi) is 5.68. The van der Waals surface area contributed by atoms with Crippen molar-refractivity contribution in [3.05, 3.63) is 119 Å². The van der Waals surface area contributed by atoms with Gasteiger partial charge >= 0.3 is 0 Å². The predicted octanol–water partition coefficient (Wildman–Crippen LogP) is 5.15. The van der Waals surface area contributed by atoms with E-state index in [0.29, 0.717) is 28.7 Å². The van der Waals surface area contributed by atoms with E-state index in [9.17, 15) is 14.0 Å². The molecule has 1 amide bonds. The van der Waals surface area contributed by atoms with Gasteiger partial charge in [-0.25, -0.2) is 9.37 Å². The molecule has 35 heavy (non-hydrogen) atoms. The van der Waals surface area contributed by atoms with Gasteiger partial charge in [-0.05, 0) is 72.8 Å². The van der Waals surface area contributed by atoms with Crippen LogP contribution in [0.4, 0.5) is 15.9 Å². The van der Waals surface area contributed by atoms with Crippen LogP contribution in [0, 0.1) is 5.82 Å². The number of ether oxygens (including phenoxy) is 1. The minimum Gasteiger partial charge on any atom is -0.457 e. The third-order valence-corrected chi connectivity index (χ3v) is 5.33. The topological polar surface area (TPSA) is 99.2 Å². The first kappa shape index (κ1) is 21.8. The molecular formula is C27H19FN4O3. The number of carbonyl (C=O) groups is 1. The smallest absolute Gasteiger partial charge is 0.267 e. The van der Waals surface area contributed by atoms with Gasteiger partial charge in [0.2, 0.25) is 0 Å². The second kappa shape index (κ2) is 9.11. The van der Waals surface area contributed by atoms with Crippen LogP contribution in [0.1, 0.15) is 10.4 Å². The summed E-state index contributed by atoms with van der Waals surface area (Å²) in [5.74, 6) is 0.473. The van der Waals surface area contributed by atoms with Crippen LogP contribution in [-0.4, -0.2) is 15.5 Å². The normalized spacial score (nSPS) is 10.8. The van der Waals surface area contributed by atoms with Crippen LogP contribution in [0.25, 0.3) is 16.6 Å². The molecule has 0 bridgehead atoms. The van der Waals surface area contributed by atoms with Crippen LogP contribution in [0.3, 0.4) is 0 Å². The van der Waals surface area contributed by atoms with Crippen LogP contribution in [-0.2, 0) is 0 Å². The van der Waals surface area contributed by atoms with Crippen molar-refractivity contribution in [3.8, 4) is 17.2 Å². The van der Waals surface area contributed by atoms with Gasteiger partial charge in [-0.2, -0.15) is 0 Å². The Morgan fingerprint density at radius 1 is 0.943 bits per heavy atom. The van der Waals surface area contributed by atoms with Crippen molar-refractivity contribution in [2.45, 2.75) is 0 Å². The summed E-state index contributed by atoms with van der Waals surface area (Å²) in [6, 6.07) is 24.4. The van der Waals surface area contributed by atoms with E-state index in [4.69, 9.17) is 10.5 Å². The van der Waals surface area contributed by atoms with Gasteiger partial charge in [0, 0.05) is 29.0 Å². The standard InChI is InChI=1S/C27H19FN4O3/c28-17-7-11-19(12-8-17)32-15-3-5-22(27(32)34)26(33)30-18-9-13-20(14-10-18)35-24-16-25(29)31-23-6-2-1-4-21(23)24/h1-16H,(H2,29,31)(H,30,33). The summed E-state index contributed by atoms with van der Waals surface area (Å²) in [7, 11) is 0. The average molecular weight is 466 g/mol. The summed E-state index contributed by atoms with van der Waals surface area (Å²) < 4.78 is 20.5. The molecule has 2 heterocycles. The molecule has 0 fully saturated rings. The number of benzene rings is 3. The Labute approximate surface area is 199 Å². The number of hydrogen-bond acceptors (Lipinski definition) is 5. The molecule has 2 aromatic heterocycles. The Balaban J connectivity index is 1.34. The van der Waals surface area contributed by atoms with Gasteiger partial charge in [0.05, 0.1) is 5.52 Å². The Hall–Kier alpha value is -4.98. The van der Waals surface area contributed by atoms with Gasteiger partial charge in [0.15, 0.2) is 0 Å². The molecule has 0 aliphatic rings. The monoisotopic (exact) mass is 466 g/mol. The molecule has 0 aliphatic carbocycles. The van der Waals surface area contributed by atoms with Crippen LogP contribution in [0.5, 0.6) is 11.5 Å². The predicted molar refractivity (Wildman–Crippen MR) is 133 cm³/mol. The molecule has 0 saturated carbocycles. The van der Waals surface area contributed by atoms with E-state index in [2.05, 4.69) is 10.3 Å². The number of carbonyl (C=O) groups excluding carboxylic acids is 1. The lowest BCUT2D eigenvalue weighted by Gasteiger charge is -2.11. The Morgan fingerprint density at radius 2 is 1.69 bits per heavy atom. The summed E-state index contributed by atoms with van der Waals surface area (Å²) in [6.07, 6.45) is 1.52. The number of rotatable bonds is 5. The van der Waals surface area contributed by atoms with Crippen molar-refractivity contribution in [2.24, 2.45) is 0 Å². The summed E-state index contributed by atoms with van der Waals surface area (Å²) >= 11 is 0. The molecule has 0 radical (unpaired) electrons. The first-order valence-electron chi connectivity index (χ1n) is 10.7. The second-order valence-electron chi connectivity index (χ2n) is 7.72. The summed E-state index contributed by atoms with van der Waals surface area (Å²) in [6.45, 7) is 0. The molecule has 0 spiro atoms. The zero-order valence-corrected chi connectivity index (χ0v) is 18.3. The highest BCUT2D eigenvalue weighted by molar-refractivity contribution is 6.04. The number of halogens is 1. The molecule has 8 heteroatoms. The lowest BCUT2D eigenvalue weighted by atomic mass is 10.2. The zero-order valence-electron chi connectivity index (χ0n) is 18.3. The Bertz CT molecular complexity index is 1600. The van der Waals surface area contributed by atoms with Crippen molar-refractivity contribution in [1.29, 1.82) is 0 Å². The fourth-order valence-corrected chi connectivity index (χ4v) is 3.65. The Morgan fingerprint density at radius 3 is 2.46 bits per heavy atom. The molecule has 5 aromatic rings. The van der Waals surface area contributed by atoms with E-state index in [0.717, 1.165) is 10.9 Å². The summed E-state index contributed by atoms with van der Waals surface area (Å²) in [4.78, 5) is 29.9. The number of amides is 1. The lowest BCUT2D eigenvalue weighted by Crippen LogP contribution is -2.27. The third-order valence-electron chi connectivity index (χ3n) is 5.33. The summed E-state index contributed by atoms with van der Waals surface area (Å²) in [5.41, 5.74) is 7.00. The molecule has 0 aliphatic heterocycles. The molecule has 0 saturated heterocycles. The van der Waals surface area contributed by atoms with Crippen molar-refractivity contribution in [3.63, 3.8) is 0 Å². The first-order chi connectivity index (χ1) is 17.0. The molecule has 7 nitrogen and oxygen atoms in total. The van der Waals surface area contributed by atoms with Gasteiger partial charge in [-0.1, -0.05) is 12.1 Å². The third kappa shape index (κ3) is 4.58. The molecular weight excluding hydrogens is 447 g/mol. The number of pyridine rings is 2.